The first-order valence-electron chi connectivity index (χ1n) is 4.42. The summed E-state index contributed by atoms with van der Waals surface area (Å²) in [6.45, 7) is 0. The third-order valence-electron chi connectivity index (χ3n) is 2.13. The molecule has 2 rings (SSSR count). The lowest BCUT2D eigenvalue weighted by atomic mass is 10.1. The first-order chi connectivity index (χ1) is 7.61. The largest absolute Gasteiger partial charge is 0.207 e. The molecular formula is C11H6BrClF2S. The third-order valence-corrected chi connectivity index (χ3v) is 4.77. The van der Waals surface area contributed by atoms with Crippen molar-refractivity contribution in [1.29, 1.82) is 0 Å². The summed E-state index contributed by atoms with van der Waals surface area (Å²) in [5.74, 6) is -1.15. The summed E-state index contributed by atoms with van der Waals surface area (Å²) in [5.41, 5.74) is -0.00755. The summed E-state index contributed by atoms with van der Waals surface area (Å²) < 4.78 is 27.0. The monoisotopic (exact) mass is 322 g/mol. The molecule has 1 aromatic heterocycles. The number of benzene rings is 1. The van der Waals surface area contributed by atoms with Gasteiger partial charge in [0.05, 0.1) is 9.85 Å². The predicted octanol–water partition coefficient (Wildman–Crippen LogP) is 5.16. The van der Waals surface area contributed by atoms with E-state index in [1.54, 1.807) is 11.4 Å². The van der Waals surface area contributed by atoms with E-state index in [1.807, 2.05) is 0 Å². The third kappa shape index (κ3) is 2.14. The highest BCUT2D eigenvalue weighted by molar-refractivity contribution is 9.09. The average molecular weight is 324 g/mol. The molecule has 0 aliphatic rings. The molecule has 0 amide bonds. The van der Waals surface area contributed by atoms with Gasteiger partial charge in [0.25, 0.3) is 0 Å². The summed E-state index contributed by atoms with van der Waals surface area (Å²) in [6, 6.07) is 5.50. The van der Waals surface area contributed by atoms with Gasteiger partial charge in [0.2, 0.25) is 0 Å². The van der Waals surface area contributed by atoms with Gasteiger partial charge in [0, 0.05) is 10.4 Å². The van der Waals surface area contributed by atoms with E-state index < -0.39 is 16.5 Å². The van der Waals surface area contributed by atoms with Crippen LogP contribution in [-0.2, 0) is 0 Å². The van der Waals surface area contributed by atoms with E-state index in [1.165, 1.54) is 29.5 Å². The first kappa shape index (κ1) is 12.0. The Kier molecular flexibility index (Phi) is 3.62. The zero-order valence-electron chi connectivity index (χ0n) is 7.88. The van der Waals surface area contributed by atoms with Crippen LogP contribution in [0.3, 0.4) is 0 Å². The zero-order chi connectivity index (χ0) is 11.7. The number of halogens is 4. The molecule has 16 heavy (non-hydrogen) atoms. The van der Waals surface area contributed by atoms with E-state index in [-0.39, 0.29) is 5.56 Å². The number of rotatable bonds is 2. The number of alkyl halides is 1. The molecule has 0 bridgehead atoms. The quantitative estimate of drug-likeness (QED) is 0.669. The van der Waals surface area contributed by atoms with E-state index in [4.69, 9.17) is 11.6 Å². The van der Waals surface area contributed by atoms with Crippen LogP contribution in [0.25, 0.3) is 0 Å². The van der Waals surface area contributed by atoms with Crippen LogP contribution >= 0.6 is 38.9 Å². The molecule has 0 spiro atoms. The molecule has 0 aliphatic heterocycles. The van der Waals surface area contributed by atoms with Crippen molar-refractivity contribution in [3.8, 4) is 0 Å². The topological polar surface area (TPSA) is 0 Å². The molecule has 0 saturated carbocycles. The predicted molar refractivity (Wildman–Crippen MR) is 66.5 cm³/mol. The Hall–Kier alpha value is -0.450. The minimum Gasteiger partial charge on any atom is -0.207 e. The summed E-state index contributed by atoms with van der Waals surface area (Å²) in [6.07, 6.45) is 0. The number of hydrogen-bond acceptors (Lipinski definition) is 1. The van der Waals surface area contributed by atoms with E-state index in [0.29, 0.717) is 9.90 Å². The van der Waals surface area contributed by atoms with Crippen LogP contribution < -0.4 is 0 Å². The SMILES string of the molecule is Fc1cccc(F)c1C(Br)c1sccc1Cl. The van der Waals surface area contributed by atoms with Crippen LogP contribution in [0.4, 0.5) is 8.78 Å². The molecule has 2 aromatic rings. The maximum atomic E-state index is 13.5. The highest BCUT2D eigenvalue weighted by Gasteiger charge is 2.22. The van der Waals surface area contributed by atoms with Gasteiger partial charge in [-0.25, -0.2) is 8.78 Å². The van der Waals surface area contributed by atoms with Crippen LogP contribution in [0, 0.1) is 11.6 Å². The van der Waals surface area contributed by atoms with Gasteiger partial charge < -0.3 is 0 Å². The first-order valence-corrected chi connectivity index (χ1v) is 6.59. The highest BCUT2D eigenvalue weighted by Crippen LogP contribution is 2.40. The second-order valence-electron chi connectivity index (χ2n) is 3.13. The van der Waals surface area contributed by atoms with Crippen molar-refractivity contribution in [2.45, 2.75) is 4.83 Å². The van der Waals surface area contributed by atoms with E-state index in [0.717, 1.165) is 0 Å². The molecule has 0 aliphatic carbocycles. The fourth-order valence-electron chi connectivity index (χ4n) is 1.37. The van der Waals surface area contributed by atoms with Crippen molar-refractivity contribution in [3.05, 3.63) is 56.7 Å². The lowest BCUT2D eigenvalue weighted by Crippen LogP contribution is -1.99. The van der Waals surface area contributed by atoms with Gasteiger partial charge in [-0.2, -0.15) is 0 Å². The Bertz CT molecular complexity index is 492. The summed E-state index contributed by atoms with van der Waals surface area (Å²) >= 11 is 10.6. The Balaban J connectivity index is 2.49. The molecule has 0 saturated heterocycles. The lowest BCUT2D eigenvalue weighted by Gasteiger charge is -2.11. The van der Waals surface area contributed by atoms with Gasteiger partial charge in [0.1, 0.15) is 11.6 Å². The van der Waals surface area contributed by atoms with E-state index in [2.05, 4.69) is 15.9 Å². The van der Waals surface area contributed by atoms with Gasteiger partial charge >= 0.3 is 0 Å². The van der Waals surface area contributed by atoms with Crippen LogP contribution in [0.15, 0.2) is 29.6 Å². The minimum atomic E-state index is -0.577. The smallest absolute Gasteiger partial charge is 0.130 e. The molecule has 1 atom stereocenters. The van der Waals surface area contributed by atoms with Gasteiger partial charge in [-0.15, -0.1) is 11.3 Å². The van der Waals surface area contributed by atoms with Crippen LogP contribution in [0.1, 0.15) is 15.3 Å². The molecule has 0 N–H and O–H groups in total. The van der Waals surface area contributed by atoms with Gasteiger partial charge in [-0.3, -0.25) is 0 Å². The Morgan fingerprint density at radius 2 is 1.81 bits per heavy atom. The molecule has 0 radical (unpaired) electrons. The van der Waals surface area contributed by atoms with Crippen molar-refractivity contribution in [2.75, 3.05) is 0 Å². The Labute approximate surface area is 109 Å². The number of thiophene rings is 1. The van der Waals surface area contributed by atoms with Crippen LogP contribution in [0.2, 0.25) is 5.02 Å². The molecule has 0 fully saturated rings. The van der Waals surface area contributed by atoms with Crippen molar-refractivity contribution in [2.24, 2.45) is 0 Å². The highest BCUT2D eigenvalue weighted by atomic mass is 79.9. The second-order valence-corrected chi connectivity index (χ2v) is 5.40. The molecule has 84 valence electrons. The minimum absolute atomic E-state index is 0.00755. The Morgan fingerprint density at radius 1 is 1.19 bits per heavy atom. The van der Waals surface area contributed by atoms with Crippen molar-refractivity contribution in [1.82, 2.24) is 0 Å². The van der Waals surface area contributed by atoms with Crippen molar-refractivity contribution < 1.29 is 8.78 Å². The zero-order valence-corrected chi connectivity index (χ0v) is 11.0. The van der Waals surface area contributed by atoms with Crippen molar-refractivity contribution >= 4 is 38.9 Å². The maximum absolute atomic E-state index is 13.5. The summed E-state index contributed by atoms with van der Waals surface area (Å²) in [7, 11) is 0. The van der Waals surface area contributed by atoms with E-state index in [9.17, 15) is 8.78 Å². The average Bonchev–Trinajstić information content (AvgIpc) is 2.64. The molecule has 1 aromatic carbocycles. The van der Waals surface area contributed by atoms with Gasteiger partial charge in [0.15, 0.2) is 0 Å². The summed E-state index contributed by atoms with van der Waals surface area (Å²) in [4.78, 5) is 0.145. The van der Waals surface area contributed by atoms with E-state index >= 15 is 0 Å². The molecule has 5 heteroatoms. The fraction of sp³-hybridized carbons (Fsp3) is 0.0909. The van der Waals surface area contributed by atoms with Crippen LogP contribution in [0.5, 0.6) is 0 Å². The molecule has 0 nitrogen and oxygen atoms in total. The normalized spacial score (nSPS) is 12.8. The Morgan fingerprint density at radius 3 is 2.31 bits per heavy atom. The molecule has 1 unspecified atom stereocenters. The second kappa shape index (κ2) is 4.82. The maximum Gasteiger partial charge on any atom is 0.130 e. The van der Waals surface area contributed by atoms with Gasteiger partial charge in [-0.05, 0) is 23.6 Å². The van der Waals surface area contributed by atoms with Gasteiger partial charge in [-0.1, -0.05) is 33.6 Å². The molecule has 1 heterocycles. The standard InChI is InChI=1S/C11H6BrClF2S/c12-10(11-6(13)4-5-16-11)9-7(14)2-1-3-8(9)15/h1-5,10H. The van der Waals surface area contributed by atoms with Crippen LogP contribution in [-0.4, -0.2) is 0 Å². The number of hydrogen-bond donors (Lipinski definition) is 0. The summed E-state index contributed by atoms with van der Waals surface area (Å²) in [5, 5.41) is 2.29. The van der Waals surface area contributed by atoms with Crippen molar-refractivity contribution in [3.63, 3.8) is 0 Å². The fourth-order valence-corrected chi connectivity index (χ4v) is 3.66. The lowest BCUT2D eigenvalue weighted by molar-refractivity contribution is 0.561. The molecular weight excluding hydrogens is 318 g/mol.